The number of anilines is 1. The molecule has 5 nitrogen and oxygen atoms in total. The summed E-state index contributed by atoms with van der Waals surface area (Å²) in [5, 5.41) is 4.17. The zero-order valence-electron chi connectivity index (χ0n) is 8.44. The van der Waals surface area contributed by atoms with Gasteiger partial charge in [-0.1, -0.05) is 11.6 Å². The monoisotopic (exact) mass is 229 g/mol. The number of hydrogen-bond acceptors (Lipinski definition) is 4. The van der Waals surface area contributed by atoms with Crippen LogP contribution in [0.1, 0.15) is 0 Å². The number of ether oxygens (including phenoxy) is 1. The quantitative estimate of drug-likeness (QED) is 0.694. The zero-order chi connectivity index (χ0) is 10.8. The van der Waals surface area contributed by atoms with E-state index in [4.69, 9.17) is 16.3 Å². The Bertz CT molecular complexity index is 412. The van der Waals surface area contributed by atoms with Crippen molar-refractivity contribution in [1.29, 1.82) is 0 Å². The van der Waals surface area contributed by atoms with E-state index >= 15 is 0 Å². The van der Waals surface area contributed by atoms with Crippen molar-refractivity contribution in [3.8, 4) is 0 Å². The molecule has 2 rings (SSSR count). The maximum atomic E-state index is 11.8. The molecule has 15 heavy (non-hydrogen) atoms. The number of nitrogens with zero attached hydrogens (tertiary/aromatic N) is 3. The van der Waals surface area contributed by atoms with Gasteiger partial charge >= 0.3 is 0 Å². The van der Waals surface area contributed by atoms with E-state index in [0.717, 1.165) is 13.1 Å². The van der Waals surface area contributed by atoms with Crippen LogP contribution in [0.5, 0.6) is 0 Å². The highest BCUT2D eigenvalue weighted by atomic mass is 35.5. The normalized spacial score (nSPS) is 16.8. The van der Waals surface area contributed by atoms with Crippen LogP contribution in [0, 0.1) is 0 Å². The molecule has 0 spiro atoms. The van der Waals surface area contributed by atoms with E-state index in [0.29, 0.717) is 24.1 Å². The summed E-state index contributed by atoms with van der Waals surface area (Å²) < 4.78 is 6.48. The molecule has 82 valence electrons. The van der Waals surface area contributed by atoms with Gasteiger partial charge in [-0.2, -0.15) is 5.10 Å². The highest BCUT2D eigenvalue weighted by Crippen LogP contribution is 2.13. The molecular weight excluding hydrogens is 218 g/mol. The van der Waals surface area contributed by atoms with Gasteiger partial charge in [-0.15, -0.1) is 0 Å². The van der Waals surface area contributed by atoms with Gasteiger partial charge in [-0.05, 0) is 0 Å². The lowest BCUT2D eigenvalue weighted by molar-refractivity contribution is 0.122. The van der Waals surface area contributed by atoms with Gasteiger partial charge in [-0.25, -0.2) is 4.68 Å². The van der Waals surface area contributed by atoms with Gasteiger partial charge < -0.3 is 9.64 Å². The summed E-state index contributed by atoms with van der Waals surface area (Å²) in [6.45, 7) is 2.72. The Balaban J connectivity index is 2.38. The van der Waals surface area contributed by atoms with Gasteiger partial charge in [0.15, 0.2) is 5.15 Å². The highest BCUT2D eigenvalue weighted by Gasteiger charge is 2.16. The molecule has 1 aliphatic rings. The van der Waals surface area contributed by atoms with Crippen molar-refractivity contribution in [2.75, 3.05) is 31.2 Å². The van der Waals surface area contributed by atoms with E-state index in [2.05, 4.69) is 5.10 Å². The second-order valence-electron chi connectivity index (χ2n) is 3.38. The molecule has 0 unspecified atom stereocenters. The summed E-state index contributed by atoms with van der Waals surface area (Å²) >= 11 is 5.81. The first-order chi connectivity index (χ1) is 7.18. The highest BCUT2D eigenvalue weighted by molar-refractivity contribution is 6.29. The molecule has 0 radical (unpaired) electrons. The van der Waals surface area contributed by atoms with E-state index in [1.807, 2.05) is 4.90 Å². The summed E-state index contributed by atoms with van der Waals surface area (Å²) in [5.74, 6) is 0. The first kappa shape index (κ1) is 10.4. The summed E-state index contributed by atoms with van der Waals surface area (Å²) in [6, 6.07) is 1.61. The molecule has 0 aliphatic carbocycles. The van der Waals surface area contributed by atoms with Gasteiger partial charge in [0, 0.05) is 26.2 Å². The molecule has 0 saturated carbocycles. The Morgan fingerprint density at radius 1 is 1.47 bits per heavy atom. The van der Waals surface area contributed by atoms with Crippen molar-refractivity contribution in [3.63, 3.8) is 0 Å². The van der Waals surface area contributed by atoms with Crippen molar-refractivity contribution < 1.29 is 4.74 Å². The van der Waals surface area contributed by atoms with Gasteiger partial charge in [0.05, 0.1) is 13.2 Å². The maximum Gasteiger partial charge on any atom is 0.290 e. The molecule has 0 N–H and O–H groups in total. The molecule has 2 heterocycles. The van der Waals surface area contributed by atoms with Gasteiger partial charge in [0.1, 0.15) is 5.69 Å². The number of hydrogen-bond donors (Lipinski definition) is 0. The first-order valence-corrected chi connectivity index (χ1v) is 5.13. The van der Waals surface area contributed by atoms with E-state index < -0.39 is 0 Å². The Morgan fingerprint density at radius 2 is 2.13 bits per heavy atom. The van der Waals surface area contributed by atoms with Crippen molar-refractivity contribution >= 4 is 17.3 Å². The number of halogens is 1. The van der Waals surface area contributed by atoms with Crippen LogP contribution in [-0.2, 0) is 11.8 Å². The fourth-order valence-electron chi connectivity index (χ4n) is 1.59. The van der Waals surface area contributed by atoms with Crippen LogP contribution in [0.2, 0.25) is 5.15 Å². The average Bonchev–Trinajstić information content (AvgIpc) is 2.24. The number of aromatic nitrogens is 2. The van der Waals surface area contributed by atoms with Gasteiger partial charge in [0.25, 0.3) is 5.56 Å². The largest absolute Gasteiger partial charge is 0.378 e. The maximum absolute atomic E-state index is 11.8. The number of rotatable bonds is 1. The third-order valence-electron chi connectivity index (χ3n) is 2.37. The first-order valence-electron chi connectivity index (χ1n) is 4.75. The molecular formula is C9H12ClN3O2. The summed E-state index contributed by atoms with van der Waals surface area (Å²) in [5.41, 5.74) is 0.474. The SMILES string of the molecule is Cn1nc(Cl)cc(N2CCOCC2)c1=O. The predicted molar refractivity (Wildman–Crippen MR) is 57.5 cm³/mol. The Kier molecular flexibility index (Phi) is 2.93. The molecule has 1 aromatic rings. The molecule has 1 aliphatic heterocycles. The van der Waals surface area contributed by atoms with Crippen molar-refractivity contribution in [2.45, 2.75) is 0 Å². The summed E-state index contributed by atoms with van der Waals surface area (Å²) in [4.78, 5) is 13.8. The van der Waals surface area contributed by atoms with Crippen LogP contribution in [0.4, 0.5) is 5.69 Å². The predicted octanol–water partition coefficient (Wildman–Crippen LogP) is 0.270. The Labute approximate surface area is 92.2 Å². The molecule has 1 fully saturated rings. The fourth-order valence-corrected chi connectivity index (χ4v) is 1.81. The Morgan fingerprint density at radius 3 is 2.80 bits per heavy atom. The minimum absolute atomic E-state index is 0.124. The third kappa shape index (κ3) is 2.13. The van der Waals surface area contributed by atoms with Gasteiger partial charge in [0.2, 0.25) is 0 Å². The van der Waals surface area contributed by atoms with E-state index in [9.17, 15) is 4.79 Å². The molecule has 1 saturated heterocycles. The minimum Gasteiger partial charge on any atom is -0.378 e. The van der Waals surface area contributed by atoms with Gasteiger partial charge in [-0.3, -0.25) is 4.79 Å². The molecule has 1 aromatic heterocycles. The van der Waals surface area contributed by atoms with Crippen molar-refractivity contribution in [1.82, 2.24) is 9.78 Å². The lowest BCUT2D eigenvalue weighted by Gasteiger charge is -2.28. The van der Waals surface area contributed by atoms with Crippen molar-refractivity contribution in [2.24, 2.45) is 7.05 Å². The molecule has 0 aromatic carbocycles. The van der Waals surface area contributed by atoms with E-state index in [1.54, 1.807) is 13.1 Å². The van der Waals surface area contributed by atoms with Crippen LogP contribution >= 0.6 is 11.6 Å². The number of morpholine rings is 1. The lowest BCUT2D eigenvalue weighted by Crippen LogP contribution is -2.40. The van der Waals surface area contributed by atoms with Crippen LogP contribution in [0.25, 0.3) is 0 Å². The minimum atomic E-state index is -0.124. The smallest absolute Gasteiger partial charge is 0.290 e. The van der Waals surface area contributed by atoms with E-state index in [-0.39, 0.29) is 5.56 Å². The lowest BCUT2D eigenvalue weighted by atomic mass is 10.3. The van der Waals surface area contributed by atoms with Crippen LogP contribution in [-0.4, -0.2) is 36.1 Å². The topological polar surface area (TPSA) is 47.4 Å². The third-order valence-corrected chi connectivity index (χ3v) is 2.55. The average molecular weight is 230 g/mol. The molecule has 0 amide bonds. The van der Waals surface area contributed by atoms with Crippen molar-refractivity contribution in [3.05, 3.63) is 21.6 Å². The fraction of sp³-hybridized carbons (Fsp3) is 0.556. The standard InChI is InChI=1S/C9H12ClN3O2/c1-12-9(14)7(6-8(10)11-12)13-2-4-15-5-3-13/h6H,2-5H2,1H3. The van der Waals surface area contributed by atoms with E-state index in [1.165, 1.54) is 4.68 Å². The molecule has 6 heteroatoms. The summed E-state index contributed by atoms with van der Waals surface area (Å²) in [6.07, 6.45) is 0. The second kappa shape index (κ2) is 4.20. The van der Waals surface area contributed by atoms with Crippen LogP contribution < -0.4 is 10.5 Å². The number of aryl methyl sites for hydroxylation is 1. The summed E-state index contributed by atoms with van der Waals surface area (Å²) in [7, 11) is 1.60. The molecule has 0 atom stereocenters. The zero-order valence-corrected chi connectivity index (χ0v) is 9.20. The Hall–Kier alpha value is -1.07. The van der Waals surface area contributed by atoms with Crippen LogP contribution in [0.15, 0.2) is 10.9 Å². The second-order valence-corrected chi connectivity index (χ2v) is 3.77. The molecule has 0 bridgehead atoms. The van der Waals surface area contributed by atoms with Crippen LogP contribution in [0.3, 0.4) is 0 Å².